The summed E-state index contributed by atoms with van der Waals surface area (Å²) in [5, 5.41) is 2.63. The SMILES string of the molecule is C=CC(=O)Nc1ccc2c(c1)OCC(=O)N2C. The summed E-state index contributed by atoms with van der Waals surface area (Å²) in [5.74, 6) is 0.194. The van der Waals surface area contributed by atoms with Gasteiger partial charge in [-0.15, -0.1) is 0 Å². The van der Waals surface area contributed by atoms with E-state index in [2.05, 4.69) is 11.9 Å². The van der Waals surface area contributed by atoms with Crippen molar-refractivity contribution in [2.45, 2.75) is 0 Å². The molecule has 1 aliphatic rings. The van der Waals surface area contributed by atoms with Crippen LogP contribution >= 0.6 is 0 Å². The Morgan fingerprint density at radius 2 is 2.35 bits per heavy atom. The van der Waals surface area contributed by atoms with Crippen molar-refractivity contribution < 1.29 is 14.3 Å². The van der Waals surface area contributed by atoms with Crippen molar-refractivity contribution >= 4 is 23.2 Å². The van der Waals surface area contributed by atoms with Crippen LogP contribution < -0.4 is 15.0 Å². The number of benzene rings is 1. The highest BCUT2D eigenvalue weighted by Crippen LogP contribution is 2.33. The van der Waals surface area contributed by atoms with Crippen LogP contribution in [0.3, 0.4) is 0 Å². The summed E-state index contributed by atoms with van der Waals surface area (Å²) < 4.78 is 5.29. The third-order valence-corrected chi connectivity index (χ3v) is 2.50. The second kappa shape index (κ2) is 4.29. The molecule has 0 saturated carbocycles. The predicted octanol–water partition coefficient (Wildman–Crippen LogP) is 1.17. The van der Waals surface area contributed by atoms with Gasteiger partial charge in [0.25, 0.3) is 5.91 Å². The van der Waals surface area contributed by atoms with Crippen LogP contribution in [0.2, 0.25) is 0 Å². The standard InChI is InChI=1S/C12H12N2O3/c1-3-11(15)13-8-4-5-9-10(6-8)17-7-12(16)14(9)2/h3-6H,1,7H2,2H3,(H,13,15). The van der Waals surface area contributed by atoms with Crippen molar-refractivity contribution in [2.75, 3.05) is 23.9 Å². The zero-order valence-corrected chi connectivity index (χ0v) is 9.40. The normalized spacial score (nSPS) is 13.7. The van der Waals surface area contributed by atoms with Crippen LogP contribution in [0.5, 0.6) is 5.75 Å². The summed E-state index contributed by atoms with van der Waals surface area (Å²) in [6, 6.07) is 5.11. The van der Waals surface area contributed by atoms with E-state index < -0.39 is 0 Å². The summed E-state index contributed by atoms with van der Waals surface area (Å²) in [4.78, 5) is 24.0. The summed E-state index contributed by atoms with van der Waals surface area (Å²) in [6.07, 6.45) is 1.19. The number of nitrogens with zero attached hydrogens (tertiary/aromatic N) is 1. The molecule has 2 rings (SSSR count). The first-order valence-corrected chi connectivity index (χ1v) is 5.08. The van der Waals surface area contributed by atoms with E-state index in [1.54, 1.807) is 25.2 Å². The molecule has 1 heterocycles. The number of carbonyl (C=O) groups is 2. The number of ether oxygens (including phenoxy) is 1. The van der Waals surface area contributed by atoms with Gasteiger partial charge < -0.3 is 15.0 Å². The van der Waals surface area contributed by atoms with Gasteiger partial charge in [0.15, 0.2) is 6.61 Å². The number of carbonyl (C=O) groups excluding carboxylic acids is 2. The fourth-order valence-corrected chi connectivity index (χ4v) is 1.55. The fourth-order valence-electron chi connectivity index (χ4n) is 1.55. The van der Waals surface area contributed by atoms with Crippen molar-refractivity contribution in [3.8, 4) is 5.75 Å². The molecule has 1 N–H and O–H groups in total. The van der Waals surface area contributed by atoms with Crippen molar-refractivity contribution in [3.05, 3.63) is 30.9 Å². The summed E-state index contributed by atoms with van der Waals surface area (Å²) in [7, 11) is 1.69. The lowest BCUT2D eigenvalue weighted by molar-refractivity contribution is -0.121. The predicted molar refractivity (Wildman–Crippen MR) is 64.2 cm³/mol. The Morgan fingerprint density at radius 3 is 3.06 bits per heavy atom. The van der Waals surface area contributed by atoms with Crippen molar-refractivity contribution in [1.82, 2.24) is 0 Å². The highest BCUT2D eigenvalue weighted by atomic mass is 16.5. The van der Waals surface area contributed by atoms with Gasteiger partial charge in [-0.25, -0.2) is 0 Å². The average molecular weight is 232 g/mol. The fraction of sp³-hybridized carbons (Fsp3) is 0.167. The second-order valence-corrected chi connectivity index (χ2v) is 3.62. The van der Waals surface area contributed by atoms with Gasteiger partial charge in [0.2, 0.25) is 5.91 Å². The first kappa shape index (κ1) is 11.2. The van der Waals surface area contributed by atoms with E-state index in [4.69, 9.17) is 4.74 Å². The average Bonchev–Trinajstić information content (AvgIpc) is 2.34. The topological polar surface area (TPSA) is 58.6 Å². The van der Waals surface area contributed by atoms with Crippen molar-refractivity contribution in [1.29, 1.82) is 0 Å². The van der Waals surface area contributed by atoms with Crippen LogP contribution in [-0.2, 0) is 9.59 Å². The van der Waals surface area contributed by atoms with E-state index in [0.717, 1.165) is 0 Å². The van der Waals surface area contributed by atoms with E-state index in [1.165, 1.54) is 11.0 Å². The number of anilines is 2. The van der Waals surface area contributed by atoms with Gasteiger partial charge in [0.1, 0.15) is 5.75 Å². The van der Waals surface area contributed by atoms with E-state index in [9.17, 15) is 9.59 Å². The minimum absolute atomic E-state index is 0.0162. The molecule has 2 amide bonds. The van der Waals surface area contributed by atoms with E-state index in [0.29, 0.717) is 17.1 Å². The number of hydrogen-bond acceptors (Lipinski definition) is 3. The van der Waals surface area contributed by atoms with Crippen molar-refractivity contribution in [3.63, 3.8) is 0 Å². The van der Waals surface area contributed by atoms with Crippen LogP contribution in [0.15, 0.2) is 30.9 Å². The van der Waals surface area contributed by atoms with Gasteiger partial charge in [-0.05, 0) is 18.2 Å². The van der Waals surface area contributed by atoms with Crippen LogP contribution in [0.25, 0.3) is 0 Å². The molecule has 5 heteroatoms. The molecule has 0 saturated heterocycles. The van der Waals surface area contributed by atoms with Crippen LogP contribution in [0.1, 0.15) is 0 Å². The van der Waals surface area contributed by atoms with Crippen molar-refractivity contribution in [2.24, 2.45) is 0 Å². The Kier molecular flexibility index (Phi) is 2.82. The lowest BCUT2D eigenvalue weighted by Crippen LogP contribution is -2.35. The molecule has 1 aromatic rings. The molecule has 1 aromatic carbocycles. The molecule has 0 spiro atoms. The summed E-state index contributed by atoms with van der Waals surface area (Å²) >= 11 is 0. The summed E-state index contributed by atoms with van der Waals surface area (Å²) in [5.41, 5.74) is 1.30. The Bertz CT molecular complexity index is 497. The van der Waals surface area contributed by atoms with Crippen LogP contribution in [0.4, 0.5) is 11.4 Å². The molecule has 1 aliphatic heterocycles. The minimum Gasteiger partial charge on any atom is -0.481 e. The molecule has 0 fully saturated rings. The zero-order chi connectivity index (χ0) is 12.4. The quantitative estimate of drug-likeness (QED) is 0.778. The largest absolute Gasteiger partial charge is 0.481 e. The van der Waals surface area contributed by atoms with Crippen LogP contribution in [0, 0.1) is 0 Å². The Balaban J connectivity index is 2.29. The molecule has 0 atom stereocenters. The Morgan fingerprint density at radius 1 is 1.59 bits per heavy atom. The first-order valence-electron chi connectivity index (χ1n) is 5.08. The number of nitrogens with one attached hydrogen (secondary N) is 1. The van der Waals surface area contributed by atoms with Gasteiger partial charge in [-0.3, -0.25) is 9.59 Å². The zero-order valence-electron chi connectivity index (χ0n) is 9.40. The molecule has 0 bridgehead atoms. The third-order valence-electron chi connectivity index (χ3n) is 2.50. The highest BCUT2D eigenvalue weighted by Gasteiger charge is 2.22. The molecule has 17 heavy (non-hydrogen) atoms. The molecule has 0 aromatic heterocycles. The lowest BCUT2D eigenvalue weighted by atomic mass is 10.2. The molecular weight excluding hydrogens is 220 g/mol. The molecule has 0 unspecified atom stereocenters. The van der Waals surface area contributed by atoms with Gasteiger partial charge in [0.05, 0.1) is 5.69 Å². The smallest absolute Gasteiger partial charge is 0.264 e. The van der Waals surface area contributed by atoms with Gasteiger partial charge >= 0.3 is 0 Å². The number of fused-ring (bicyclic) bond motifs is 1. The van der Waals surface area contributed by atoms with E-state index in [1.807, 2.05) is 0 Å². The number of rotatable bonds is 2. The van der Waals surface area contributed by atoms with Gasteiger partial charge in [-0.2, -0.15) is 0 Å². The molecule has 5 nitrogen and oxygen atoms in total. The third kappa shape index (κ3) is 2.13. The Labute approximate surface area is 98.7 Å². The summed E-state index contributed by atoms with van der Waals surface area (Å²) in [6.45, 7) is 3.39. The number of hydrogen-bond donors (Lipinski definition) is 1. The van der Waals surface area contributed by atoms with E-state index >= 15 is 0 Å². The molecule has 0 radical (unpaired) electrons. The monoisotopic (exact) mass is 232 g/mol. The van der Waals surface area contributed by atoms with E-state index in [-0.39, 0.29) is 18.4 Å². The number of likely N-dealkylation sites (N-methyl/N-ethyl adjacent to an activating group) is 1. The van der Waals surface area contributed by atoms with Gasteiger partial charge in [-0.1, -0.05) is 6.58 Å². The Hall–Kier alpha value is -2.30. The minimum atomic E-state index is -0.287. The lowest BCUT2D eigenvalue weighted by Gasteiger charge is -2.26. The van der Waals surface area contributed by atoms with Gasteiger partial charge in [0, 0.05) is 18.8 Å². The highest BCUT2D eigenvalue weighted by molar-refractivity contribution is 6.00. The maximum absolute atomic E-state index is 11.4. The molecule has 0 aliphatic carbocycles. The second-order valence-electron chi connectivity index (χ2n) is 3.62. The molecular formula is C12H12N2O3. The molecule has 88 valence electrons. The maximum Gasteiger partial charge on any atom is 0.264 e. The first-order chi connectivity index (χ1) is 8.11. The maximum atomic E-state index is 11.4. The van der Waals surface area contributed by atoms with Crippen LogP contribution in [-0.4, -0.2) is 25.5 Å². The number of amides is 2.